The van der Waals surface area contributed by atoms with Crippen molar-refractivity contribution in [3.63, 3.8) is 0 Å². The van der Waals surface area contributed by atoms with Crippen molar-refractivity contribution in [2.24, 2.45) is 10.9 Å². The Hall–Kier alpha value is 0.270. The maximum atomic E-state index is 5.63. The minimum absolute atomic E-state index is 0. The number of guanidine groups is 1. The average Bonchev–Trinajstić information content (AvgIpc) is 2.92. The first-order valence-electron chi connectivity index (χ1n) is 7.40. The summed E-state index contributed by atoms with van der Waals surface area (Å²) in [6.45, 7) is 8.22. The van der Waals surface area contributed by atoms with Crippen LogP contribution in [0, 0.1) is 5.92 Å². The Labute approximate surface area is 150 Å². The fourth-order valence-electron chi connectivity index (χ4n) is 2.22. The second kappa shape index (κ2) is 13.9. The molecule has 1 aliphatic heterocycles. The van der Waals surface area contributed by atoms with Crippen LogP contribution in [0.25, 0.3) is 0 Å². The molecule has 0 aliphatic carbocycles. The van der Waals surface area contributed by atoms with Crippen molar-refractivity contribution in [2.75, 3.05) is 65.1 Å². The van der Waals surface area contributed by atoms with Crippen molar-refractivity contribution < 1.29 is 9.47 Å². The number of nitrogens with zero attached hydrogens (tertiary/aromatic N) is 2. The van der Waals surface area contributed by atoms with Gasteiger partial charge in [-0.05, 0) is 19.6 Å². The quantitative estimate of drug-likeness (QED) is 0.262. The molecule has 1 fully saturated rings. The largest absolute Gasteiger partial charge is 0.382 e. The molecule has 0 spiro atoms. The molecule has 0 aromatic heterocycles. The number of halogens is 1. The van der Waals surface area contributed by atoms with E-state index in [-0.39, 0.29) is 24.0 Å². The van der Waals surface area contributed by atoms with Crippen LogP contribution in [0.15, 0.2) is 4.99 Å². The SMILES string of the molecule is CCNC(=NCCSC)N1CCC(COCCOC)C1.I. The van der Waals surface area contributed by atoms with Crippen LogP contribution in [0.3, 0.4) is 0 Å². The molecule has 5 nitrogen and oxygen atoms in total. The minimum Gasteiger partial charge on any atom is -0.382 e. The number of thioether (sulfide) groups is 1. The van der Waals surface area contributed by atoms with Gasteiger partial charge in [0.05, 0.1) is 26.4 Å². The number of ether oxygens (including phenoxy) is 2. The highest BCUT2D eigenvalue weighted by Gasteiger charge is 2.24. The van der Waals surface area contributed by atoms with Gasteiger partial charge in [-0.3, -0.25) is 4.99 Å². The average molecular weight is 431 g/mol. The van der Waals surface area contributed by atoms with Crippen LogP contribution >= 0.6 is 35.7 Å². The normalized spacial score (nSPS) is 18.7. The van der Waals surface area contributed by atoms with Gasteiger partial charge >= 0.3 is 0 Å². The monoisotopic (exact) mass is 431 g/mol. The molecule has 126 valence electrons. The Morgan fingerprint density at radius 3 is 2.90 bits per heavy atom. The van der Waals surface area contributed by atoms with Gasteiger partial charge in [0.25, 0.3) is 0 Å². The van der Waals surface area contributed by atoms with Gasteiger partial charge in [-0.2, -0.15) is 11.8 Å². The summed E-state index contributed by atoms with van der Waals surface area (Å²) in [6.07, 6.45) is 3.30. The fourth-order valence-corrected chi connectivity index (χ4v) is 2.50. The van der Waals surface area contributed by atoms with Crippen LogP contribution in [0.2, 0.25) is 0 Å². The molecule has 0 aromatic carbocycles. The van der Waals surface area contributed by atoms with Crippen LogP contribution in [0.5, 0.6) is 0 Å². The molecule has 1 unspecified atom stereocenters. The standard InChI is InChI=1S/C14H29N3O2S.HI/c1-4-15-14(16-6-10-20-3)17-7-5-13(11-17)12-19-9-8-18-2;/h13H,4-12H2,1-3H3,(H,15,16);1H. The maximum Gasteiger partial charge on any atom is 0.193 e. The molecule has 0 bridgehead atoms. The number of methoxy groups -OCH3 is 1. The van der Waals surface area contributed by atoms with E-state index in [0.29, 0.717) is 19.1 Å². The first-order valence-corrected chi connectivity index (χ1v) is 8.80. The van der Waals surface area contributed by atoms with E-state index in [1.54, 1.807) is 7.11 Å². The highest BCUT2D eigenvalue weighted by molar-refractivity contribution is 14.0. The lowest BCUT2D eigenvalue weighted by atomic mass is 10.1. The van der Waals surface area contributed by atoms with Crippen LogP contribution in [-0.4, -0.2) is 76.0 Å². The van der Waals surface area contributed by atoms with Crippen molar-refractivity contribution in [1.29, 1.82) is 0 Å². The molecular weight excluding hydrogens is 401 g/mol. The molecule has 0 aromatic rings. The lowest BCUT2D eigenvalue weighted by molar-refractivity contribution is 0.0536. The second-order valence-corrected chi connectivity index (χ2v) is 5.88. The van der Waals surface area contributed by atoms with Crippen molar-refractivity contribution in [2.45, 2.75) is 13.3 Å². The third-order valence-corrected chi connectivity index (χ3v) is 3.85. The summed E-state index contributed by atoms with van der Waals surface area (Å²) in [5.74, 6) is 2.74. The number of likely N-dealkylation sites (tertiary alicyclic amines) is 1. The lowest BCUT2D eigenvalue weighted by Gasteiger charge is -2.21. The lowest BCUT2D eigenvalue weighted by Crippen LogP contribution is -2.40. The third-order valence-electron chi connectivity index (χ3n) is 3.26. The van der Waals surface area contributed by atoms with Gasteiger partial charge in [-0.15, -0.1) is 24.0 Å². The molecule has 7 heteroatoms. The Morgan fingerprint density at radius 2 is 2.24 bits per heavy atom. The molecule has 0 amide bonds. The van der Waals surface area contributed by atoms with Crippen molar-refractivity contribution >= 4 is 41.7 Å². The number of hydrogen-bond donors (Lipinski definition) is 1. The Kier molecular flexibility index (Phi) is 14.1. The molecular formula is C14H30IN3O2S. The second-order valence-electron chi connectivity index (χ2n) is 4.90. The third kappa shape index (κ3) is 9.10. The highest BCUT2D eigenvalue weighted by Crippen LogP contribution is 2.16. The summed E-state index contributed by atoms with van der Waals surface area (Å²) >= 11 is 1.84. The summed E-state index contributed by atoms with van der Waals surface area (Å²) in [7, 11) is 1.70. The van der Waals surface area contributed by atoms with E-state index in [4.69, 9.17) is 9.47 Å². The predicted molar refractivity (Wildman–Crippen MR) is 102 cm³/mol. The summed E-state index contributed by atoms with van der Waals surface area (Å²) < 4.78 is 10.6. The zero-order valence-electron chi connectivity index (χ0n) is 13.5. The van der Waals surface area contributed by atoms with Gasteiger partial charge in [0.2, 0.25) is 0 Å². The van der Waals surface area contributed by atoms with Crippen LogP contribution in [0.1, 0.15) is 13.3 Å². The fraction of sp³-hybridized carbons (Fsp3) is 0.929. The Balaban J connectivity index is 0.00000400. The van der Waals surface area contributed by atoms with Gasteiger partial charge in [0.15, 0.2) is 5.96 Å². The van der Waals surface area contributed by atoms with E-state index in [9.17, 15) is 0 Å². The number of nitrogens with one attached hydrogen (secondary N) is 1. The molecule has 21 heavy (non-hydrogen) atoms. The van der Waals surface area contributed by atoms with E-state index >= 15 is 0 Å². The molecule has 1 heterocycles. The first-order chi connectivity index (χ1) is 9.81. The van der Waals surface area contributed by atoms with Crippen molar-refractivity contribution in [3.8, 4) is 0 Å². The Bertz CT molecular complexity index is 283. The van der Waals surface area contributed by atoms with Crippen molar-refractivity contribution in [1.82, 2.24) is 10.2 Å². The maximum absolute atomic E-state index is 5.63. The van der Waals surface area contributed by atoms with E-state index in [1.807, 2.05) is 11.8 Å². The zero-order chi connectivity index (χ0) is 14.6. The molecule has 1 N–H and O–H groups in total. The highest BCUT2D eigenvalue weighted by atomic mass is 127. The summed E-state index contributed by atoms with van der Waals surface area (Å²) in [4.78, 5) is 7.03. The van der Waals surface area contributed by atoms with Gasteiger partial charge in [-0.1, -0.05) is 0 Å². The van der Waals surface area contributed by atoms with Crippen molar-refractivity contribution in [3.05, 3.63) is 0 Å². The van der Waals surface area contributed by atoms with Gasteiger partial charge in [0.1, 0.15) is 0 Å². The van der Waals surface area contributed by atoms with E-state index < -0.39 is 0 Å². The number of aliphatic imine (C=N–C) groups is 1. The number of rotatable bonds is 9. The number of hydrogen-bond acceptors (Lipinski definition) is 4. The van der Waals surface area contributed by atoms with Gasteiger partial charge in [-0.25, -0.2) is 0 Å². The molecule has 1 saturated heterocycles. The topological polar surface area (TPSA) is 46.1 Å². The van der Waals surface area contributed by atoms with E-state index in [1.165, 1.54) is 6.42 Å². The van der Waals surface area contributed by atoms with Crippen LogP contribution in [-0.2, 0) is 9.47 Å². The molecule has 0 saturated carbocycles. The van der Waals surface area contributed by atoms with E-state index in [2.05, 4.69) is 28.4 Å². The molecule has 1 rings (SSSR count). The Morgan fingerprint density at radius 1 is 1.43 bits per heavy atom. The van der Waals surface area contributed by atoms with Crippen LogP contribution < -0.4 is 5.32 Å². The summed E-state index contributed by atoms with van der Waals surface area (Å²) in [6, 6.07) is 0. The molecule has 1 aliphatic rings. The van der Waals surface area contributed by atoms with E-state index in [0.717, 1.165) is 44.5 Å². The summed E-state index contributed by atoms with van der Waals surface area (Å²) in [5.41, 5.74) is 0. The smallest absolute Gasteiger partial charge is 0.193 e. The van der Waals surface area contributed by atoms with Gasteiger partial charge < -0.3 is 19.7 Å². The van der Waals surface area contributed by atoms with Crippen LogP contribution in [0.4, 0.5) is 0 Å². The summed E-state index contributed by atoms with van der Waals surface area (Å²) in [5, 5.41) is 3.39. The molecule has 1 atom stereocenters. The minimum atomic E-state index is 0. The zero-order valence-corrected chi connectivity index (χ0v) is 16.6. The van der Waals surface area contributed by atoms with Gasteiger partial charge in [0, 0.05) is 38.4 Å². The molecule has 0 radical (unpaired) electrons. The predicted octanol–water partition coefficient (Wildman–Crippen LogP) is 1.92. The first kappa shape index (κ1) is 21.3.